The summed E-state index contributed by atoms with van der Waals surface area (Å²) in [5, 5.41) is 11.9. The van der Waals surface area contributed by atoms with E-state index in [1.807, 2.05) is 0 Å². The van der Waals surface area contributed by atoms with Crippen LogP contribution < -0.4 is 10.0 Å². The van der Waals surface area contributed by atoms with Gasteiger partial charge >= 0.3 is 5.97 Å². The van der Waals surface area contributed by atoms with Gasteiger partial charge in [0.2, 0.25) is 10.0 Å². The Bertz CT molecular complexity index is 563. The van der Waals surface area contributed by atoms with Crippen LogP contribution in [0.1, 0.15) is 28.2 Å². The Hall–Kier alpha value is -1.38. The van der Waals surface area contributed by atoms with Crippen LogP contribution in [0.25, 0.3) is 0 Å². The summed E-state index contributed by atoms with van der Waals surface area (Å²) in [5.74, 6) is -1.17. The minimum Gasteiger partial charge on any atom is -0.477 e. The molecular weight excluding hydrogens is 270 g/mol. The molecule has 0 aromatic carbocycles. The van der Waals surface area contributed by atoms with Gasteiger partial charge in [-0.1, -0.05) is 0 Å². The number of aromatic nitrogens is 1. The number of hydrogen-bond acceptors (Lipinski definition) is 4. The molecule has 0 aliphatic heterocycles. The summed E-state index contributed by atoms with van der Waals surface area (Å²) in [4.78, 5) is 13.6. The van der Waals surface area contributed by atoms with E-state index in [9.17, 15) is 13.2 Å². The molecule has 0 spiro atoms. The van der Waals surface area contributed by atoms with Gasteiger partial charge in [0.05, 0.1) is 0 Å². The molecule has 0 radical (unpaired) electrons. The highest BCUT2D eigenvalue weighted by atomic mass is 32.2. The molecule has 108 valence electrons. The molecule has 0 saturated carbocycles. The molecule has 0 atom stereocenters. The zero-order valence-electron chi connectivity index (χ0n) is 11.2. The smallest absolute Gasteiger partial charge is 0.352 e. The van der Waals surface area contributed by atoms with E-state index in [2.05, 4.69) is 15.0 Å². The van der Waals surface area contributed by atoms with Gasteiger partial charge in [0.1, 0.15) is 10.6 Å². The van der Waals surface area contributed by atoms with Gasteiger partial charge in [0.25, 0.3) is 0 Å². The van der Waals surface area contributed by atoms with E-state index in [-0.39, 0.29) is 16.2 Å². The van der Waals surface area contributed by atoms with Crippen LogP contribution >= 0.6 is 0 Å². The van der Waals surface area contributed by atoms with Crippen LogP contribution in [0.3, 0.4) is 0 Å². The first-order chi connectivity index (χ1) is 8.81. The molecule has 8 heteroatoms. The van der Waals surface area contributed by atoms with Crippen molar-refractivity contribution in [3.8, 4) is 0 Å². The Balaban J connectivity index is 2.99. The van der Waals surface area contributed by atoms with E-state index in [4.69, 9.17) is 5.11 Å². The van der Waals surface area contributed by atoms with Crippen LogP contribution in [0.15, 0.2) is 4.90 Å². The Labute approximate surface area is 112 Å². The third-order valence-electron chi connectivity index (χ3n) is 2.75. The van der Waals surface area contributed by atoms with Gasteiger partial charge in [0.15, 0.2) is 0 Å². The number of aryl methyl sites for hydroxylation is 1. The first-order valence-electron chi connectivity index (χ1n) is 5.88. The number of aromatic carboxylic acids is 1. The average Bonchev–Trinajstić information content (AvgIpc) is 2.61. The molecule has 0 aliphatic carbocycles. The van der Waals surface area contributed by atoms with Crippen molar-refractivity contribution in [2.45, 2.75) is 25.2 Å². The summed E-state index contributed by atoms with van der Waals surface area (Å²) in [6, 6.07) is 0. The van der Waals surface area contributed by atoms with Gasteiger partial charge in [-0.3, -0.25) is 0 Å². The standard InChI is InChI=1S/C11H19N3O4S/c1-7-9(11(15)16)14-8(2)10(7)19(17,18)13-6-4-5-12-3/h12-14H,4-6H2,1-3H3,(H,15,16). The molecule has 0 fully saturated rings. The number of carboxylic acid groups (broad SMARTS) is 1. The second-order valence-corrected chi connectivity index (χ2v) is 5.94. The van der Waals surface area contributed by atoms with Gasteiger partial charge in [-0.25, -0.2) is 17.9 Å². The molecule has 7 nitrogen and oxygen atoms in total. The first kappa shape index (κ1) is 15.7. The van der Waals surface area contributed by atoms with E-state index in [0.717, 1.165) is 0 Å². The zero-order chi connectivity index (χ0) is 14.6. The molecular formula is C11H19N3O4S. The molecule has 0 unspecified atom stereocenters. The summed E-state index contributed by atoms with van der Waals surface area (Å²) >= 11 is 0. The molecule has 0 aliphatic rings. The quantitative estimate of drug-likeness (QED) is 0.536. The van der Waals surface area contributed by atoms with Crippen LogP contribution in [0.4, 0.5) is 0 Å². The number of aromatic amines is 1. The van der Waals surface area contributed by atoms with Crippen LogP contribution in [0.5, 0.6) is 0 Å². The number of carbonyl (C=O) groups is 1. The van der Waals surface area contributed by atoms with Crippen LogP contribution in [-0.2, 0) is 10.0 Å². The molecule has 0 saturated heterocycles. The lowest BCUT2D eigenvalue weighted by molar-refractivity contribution is 0.0690. The Morgan fingerprint density at radius 2 is 1.95 bits per heavy atom. The molecule has 1 rings (SSSR count). The molecule has 0 bridgehead atoms. The predicted octanol–water partition coefficient (Wildman–Crippen LogP) is 0.218. The number of nitrogens with one attached hydrogen (secondary N) is 3. The van der Waals surface area contributed by atoms with Gasteiger partial charge in [-0.05, 0) is 33.9 Å². The summed E-state index contributed by atoms with van der Waals surface area (Å²) in [7, 11) is -1.90. The molecule has 19 heavy (non-hydrogen) atoms. The highest BCUT2D eigenvalue weighted by Crippen LogP contribution is 2.22. The molecule has 1 aromatic heterocycles. The number of H-pyrrole nitrogens is 1. The van der Waals surface area contributed by atoms with Crippen molar-refractivity contribution in [2.24, 2.45) is 0 Å². The second-order valence-electron chi connectivity index (χ2n) is 4.24. The highest BCUT2D eigenvalue weighted by molar-refractivity contribution is 7.89. The Morgan fingerprint density at radius 3 is 2.42 bits per heavy atom. The van der Waals surface area contributed by atoms with Gasteiger partial charge in [-0.2, -0.15) is 0 Å². The van der Waals surface area contributed by atoms with E-state index in [0.29, 0.717) is 25.2 Å². The second kappa shape index (κ2) is 6.18. The highest BCUT2D eigenvalue weighted by Gasteiger charge is 2.25. The zero-order valence-corrected chi connectivity index (χ0v) is 12.0. The summed E-state index contributed by atoms with van der Waals surface area (Å²) in [6.07, 6.45) is 0.657. The first-order valence-corrected chi connectivity index (χ1v) is 7.36. The van der Waals surface area contributed by atoms with Crippen molar-refractivity contribution in [3.63, 3.8) is 0 Å². The van der Waals surface area contributed by atoms with Crippen LogP contribution in [0, 0.1) is 13.8 Å². The predicted molar refractivity (Wildman–Crippen MR) is 71.0 cm³/mol. The van der Waals surface area contributed by atoms with Gasteiger partial charge in [-0.15, -0.1) is 0 Å². The average molecular weight is 289 g/mol. The minimum atomic E-state index is -3.69. The SMILES string of the molecule is CNCCCNS(=O)(=O)c1c(C)[nH]c(C(=O)O)c1C. The van der Waals surface area contributed by atoms with Crippen molar-refractivity contribution in [2.75, 3.05) is 20.1 Å². The molecule has 0 amide bonds. The van der Waals surface area contributed by atoms with E-state index in [1.165, 1.54) is 6.92 Å². The number of rotatable bonds is 7. The van der Waals surface area contributed by atoms with Crippen LogP contribution in [0.2, 0.25) is 0 Å². The fourth-order valence-corrected chi connectivity index (χ4v) is 3.41. The fraction of sp³-hybridized carbons (Fsp3) is 0.545. The fourth-order valence-electron chi connectivity index (χ4n) is 1.89. The largest absolute Gasteiger partial charge is 0.477 e. The maximum atomic E-state index is 12.1. The topological polar surface area (TPSA) is 111 Å². The monoisotopic (exact) mass is 289 g/mol. The van der Waals surface area contributed by atoms with Crippen molar-refractivity contribution in [3.05, 3.63) is 17.0 Å². The van der Waals surface area contributed by atoms with E-state index >= 15 is 0 Å². The Kier molecular flexibility index (Phi) is 5.10. The van der Waals surface area contributed by atoms with Gasteiger partial charge < -0.3 is 15.4 Å². The van der Waals surface area contributed by atoms with E-state index in [1.54, 1.807) is 14.0 Å². The van der Waals surface area contributed by atoms with Crippen molar-refractivity contribution < 1.29 is 18.3 Å². The lowest BCUT2D eigenvalue weighted by atomic mass is 10.2. The lowest BCUT2D eigenvalue weighted by Crippen LogP contribution is -2.27. The van der Waals surface area contributed by atoms with Crippen molar-refractivity contribution >= 4 is 16.0 Å². The summed E-state index contributed by atoms with van der Waals surface area (Å²) < 4.78 is 26.7. The van der Waals surface area contributed by atoms with Crippen LogP contribution in [-0.4, -0.2) is 44.6 Å². The minimum absolute atomic E-state index is 0.0226. The molecule has 1 heterocycles. The molecule has 1 aromatic rings. The Morgan fingerprint density at radius 1 is 1.32 bits per heavy atom. The number of carboxylic acids is 1. The third-order valence-corrected chi connectivity index (χ3v) is 4.48. The summed E-state index contributed by atoms with van der Waals surface area (Å²) in [6.45, 7) is 4.03. The maximum Gasteiger partial charge on any atom is 0.352 e. The van der Waals surface area contributed by atoms with E-state index < -0.39 is 16.0 Å². The van der Waals surface area contributed by atoms with Gasteiger partial charge in [0, 0.05) is 17.8 Å². The van der Waals surface area contributed by atoms with Crippen molar-refractivity contribution in [1.82, 2.24) is 15.0 Å². The summed E-state index contributed by atoms with van der Waals surface area (Å²) in [5.41, 5.74) is 0.468. The maximum absolute atomic E-state index is 12.1. The normalized spacial score (nSPS) is 11.7. The lowest BCUT2D eigenvalue weighted by Gasteiger charge is -2.07. The molecule has 4 N–H and O–H groups in total. The number of sulfonamides is 1. The number of hydrogen-bond donors (Lipinski definition) is 4. The third kappa shape index (κ3) is 3.55. The van der Waals surface area contributed by atoms with Crippen molar-refractivity contribution in [1.29, 1.82) is 0 Å².